The lowest BCUT2D eigenvalue weighted by Crippen LogP contribution is -2.49. The van der Waals surface area contributed by atoms with Crippen LogP contribution in [0.15, 0.2) is 36.7 Å². The van der Waals surface area contributed by atoms with Gasteiger partial charge in [0, 0.05) is 50.3 Å². The van der Waals surface area contributed by atoms with Crippen molar-refractivity contribution in [3.05, 3.63) is 36.7 Å². The lowest BCUT2D eigenvalue weighted by molar-refractivity contribution is -0.117. The average Bonchev–Trinajstić information content (AvgIpc) is 2.64. The lowest BCUT2D eigenvalue weighted by Gasteiger charge is -2.34. The molecule has 1 aliphatic rings. The molecule has 0 atom stereocenters. The Kier molecular flexibility index (Phi) is 5.30. The quantitative estimate of drug-likeness (QED) is 0.777. The molecular formula is C17H22N6O2. The van der Waals surface area contributed by atoms with Crippen molar-refractivity contribution in [3.63, 3.8) is 0 Å². The summed E-state index contributed by atoms with van der Waals surface area (Å²) >= 11 is 0. The molecule has 1 fully saturated rings. The summed E-state index contributed by atoms with van der Waals surface area (Å²) in [7, 11) is 1.55. The van der Waals surface area contributed by atoms with E-state index in [4.69, 9.17) is 10.5 Å². The highest BCUT2D eigenvalue weighted by atomic mass is 16.5. The fourth-order valence-corrected chi connectivity index (χ4v) is 2.76. The Bertz CT molecular complexity index is 716. The molecule has 0 aliphatic carbocycles. The van der Waals surface area contributed by atoms with Gasteiger partial charge in [-0.2, -0.15) is 0 Å². The Hall–Kier alpha value is -2.87. The molecule has 3 N–H and O–H groups in total. The first-order valence-electron chi connectivity index (χ1n) is 8.13. The summed E-state index contributed by atoms with van der Waals surface area (Å²) in [5.74, 6) is 1.21. The van der Waals surface area contributed by atoms with Gasteiger partial charge < -0.3 is 20.7 Å². The minimum absolute atomic E-state index is 0.0764. The van der Waals surface area contributed by atoms with Crippen molar-refractivity contribution >= 4 is 23.2 Å². The summed E-state index contributed by atoms with van der Waals surface area (Å²) in [4.78, 5) is 25.1. The van der Waals surface area contributed by atoms with Crippen LogP contribution >= 0.6 is 0 Å². The standard InChI is InChI=1S/C17H22N6O2/c1-25-15-11-13(18)3-4-14(15)21-16(24)12-22-7-9-23(10-8-22)17-19-5-2-6-20-17/h2-6,11H,7-10,12,18H2,1H3,(H,21,24). The number of nitrogens with one attached hydrogen (secondary N) is 1. The van der Waals surface area contributed by atoms with Gasteiger partial charge in [0.2, 0.25) is 11.9 Å². The molecule has 0 bridgehead atoms. The molecule has 25 heavy (non-hydrogen) atoms. The minimum atomic E-state index is -0.0764. The second kappa shape index (κ2) is 7.80. The van der Waals surface area contributed by atoms with Crippen LogP contribution in [0.4, 0.5) is 17.3 Å². The number of rotatable bonds is 5. The number of carbonyl (C=O) groups excluding carboxylic acids is 1. The molecular weight excluding hydrogens is 320 g/mol. The monoisotopic (exact) mass is 342 g/mol. The maximum Gasteiger partial charge on any atom is 0.238 e. The van der Waals surface area contributed by atoms with E-state index in [2.05, 4.69) is 25.1 Å². The number of hydrogen-bond acceptors (Lipinski definition) is 7. The number of benzene rings is 1. The Labute approximate surface area is 146 Å². The predicted molar refractivity (Wildman–Crippen MR) is 96.7 cm³/mol. The summed E-state index contributed by atoms with van der Waals surface area (Å²) in [6, 6.07) is 6.97. The number of piperazine rings is 1. The van der Waals surface area contributed by atoms with Crippen LogP contribution < -0.4 is 20.7 Å². The molecule has 8 heteroatoms. The number of ether oxygens (including phenoxy) is 1. The molecule has 0 spiro atoms. The molecule has 0 radical (unpaired) electrons. The normalized spacial score (nSPS) is 15.0. The Morgan fingerprint density at radius 1 is 1.24 bits per heavy atom. The largest absolute Gasteiger partial charge is 0.494 e. The van der Waals surface area contributed by atoms with Crippen LogP contribution in [0.3, 0.4) is 0 Å². The van der Waals surface area contributed by atoms with Crippen LogP contribution in [0.5, 0.6) is 5.75 Å². The topological polar surface area (TPSA) is 96.6 Å². The molecule has 0 unspecified atom stereocenters. The van der Waals surface area contributed by atoms with E-state index in [-0.39, 0.29) is 5.91 Å². The predicted octanol–water partition coefficient (Wildman–Crippen LogP) is 0.828. The number of nitrogen functional groups attached to an aromatic ring is 1. The van der Waals surface area contributed by atoms with Gasteiger partial charge in [-0.15, -0.1) is 0 Å². The van der Waals surface area contributed by atoms with Gasteiger partial charge in [0.05, 0.1) is 19.3 Å². The van der Waals surface area contributed by atoms with E-state index in [0.29, 0.717) is 23.7 Å². The highest BCUT2D eigenvalue weighted by molar-refractivity contribution is 5.94. The third-order valence-corrected chi connectivity index (χ3v) is 4.07. The maximum atomic E-state index is 12.3. The molecule has 1 aromatic heterocycles. The van der Waals surface area contributed by atoms with Crippen molar-refractivity contribution in [3.8, 4) is 5.75 Å². The number of carbonyl (C=O) groups is 1. The number of amides is 1. The number of methoxy groups -OCH3 is 1. The highest BCUT2D eigenvalue weighted by Crippen LogP contribution is 2.26. The third kappa shape index (κ3) is 4.36. The summed E-state index contributed by atoms with van der Waals surface area (Å²) in [5.41, 5.74) is 6.94. The van der Waals surface area contributed by atoms with Gasteiger partial charge in [-0.05, 0) is 18.2 Å². The van der Waals surface area contributed by atoms with Crippen LogP contribution in [0.25, 0.3) is 0 Å². The van der Waals surface area contributed by atoms with Crippen molar-refractivity contribution in [2.24, 2.45) is 0 Å². The fraction of sp³-hybridized carbons (Fsp3) is 0.353. The number of anilines is 3. The first kappa shape index (κ1) is 17.0. The van der Waals surface area contributed by atoms with Gasteiger partial charge in [0.1, 0.15) is 5.75 Å². The van der Waals surface area contributed by atoms with Gasteiger partial charge in [-0.1, -0.05) is 0 Å². The lowest BCUT2D eigenvalue weighted by atomic mass is 10.2. The molecule has 2 heterocycles. The zero-order chi connectivity index (χ0) is 17.6. The van der Waals surface area contributed by atoms with Crippen LogP contribution in [-0.4, -0.2) is 60.6 Å². The van der Waals surface area contributed by atoms with Gasteiger partial charge in [-0.3, -0.25) is 9.69 Å². The Morgan fingerprint density at radius 2 is 1.96 bits per heavy atom. The second-order valence-electron chi connectivity index (χ2n) is 5.82. The Balaban J connectivity index is 1.51. The van der Waals surface area contributed by atoms with E-state index in [9.17, 15) is 4.79 Å². The van der Waals surface area contributed by atoms with Crippen molar-refractivity contribution in [2.75, 3.05) is 55.8 Å². The van der Waals surface area contributed by atoms with Gasteiger partial charge >= 0.3 is 0 Å². The van der Waals surface area contributed by atoms with Gasteiger partial charge in [-0.25, -0.2) is 9.97 Å². The van der Waals surface area contributed by atoms with Crippen LogP contribution in [0, 0.1) is 0 Å². The SMILES string of the molecule is COc1cc(N)ccc1NC(=O)CN1CCN(c2ncccn2)CC1. The number of hydrogen-bond donors (Lipinski definition) is 2. The van der Waals surface area contributed by atoms with E-state index in [1.54, 1.807) is 43.8 Å². The van der Waals surface area contributed by atoms with E-state index in [1.807, 2.05) is 0 Å². The molecule has 3 rings (SSSR count). The molecule has 1 aliphatic heterocycles. The molecule has 1 aromatic carbocycles. The smallest absolute Gasteiger partial charge is 0.238 e. The van der Waals surface area contributed by atoms with E-state index < -0.39 is 0 Å². The minimum Gasteiger partial charge on any atom is -0.494 e. The van der Waals surface area contributed by atoms with Crippen LogP contribution in [0.1, 0.15) is 0 Å². The molecule has 1 saturated heterocycles. The zero-order valence-corrected chi connectivity index (χ0v) is 14.2. The molecule has 2 aromatic rings. The number of nitrogens with two attached hydrogens (primary N) is 1. The maximum absolute atomic E-state index is 12.3. The van der Waals surface area contributed by atoms with E-state index in [1.165, 1.54) is 0 Å². The van der Waals surface area contributed by atoms with Crippen LogP contribution in [-0.2, 0) is 4.79 Å². The first-order chi connectivity index (χ1) is 12.2. The van der Waals surface area contributed by atoms with Crippen molar-refractivity contribution in [2.45, 2.75) is 0 Å². The highest BCUT2D eigenvalue weighted by Gasteiger charge is 2.20. The molecule has 1 amide bonds. The van der Waals surface area contributed by atoms with Gasteiger partial charge in [0.25, 0.3) is 0 Å². The second-order valence-corrected chi connectivity index (χ2v) is 5.82. The van der Waals surface area contributed by atoms with E-state index in [0.717, 1.165) is 32.1 Å². The third-order valence-electron chi connectivity index (χ3n) is 4.07. The van der Waals surface area contributed by atoms with Crippen molar-refractivity contribution in [1.29, 1.82) is 0 Å². The zero-order valence-electron chi connectivity index (χ0n) is 14.2. The van der Waals surface area contributed by atoms with Crippen molar-refractivity contribution in [1.82, 2.24) is 14.9 Å². The average molecular weight is 342 g/mol. The molecule has 132 valence electrons. The number of aromatic nitrogens is 2. The Morgan fingerprint density at radius 3 is 2.64 bits per heavy atom. The molecule has 0 saturated carbocycles. The summed E-state index contributed by atoms with van der Waals surface area (Å²) < 4.78 is 5.25. The van der Waals surface area contributed by atoms with Gasteiger partial charge in [0.15, 0.2) is 0 Å². The fourth-order valence-electron chi connectivity index (χ4n) is 2.76. The molecule has 8 nitrogen and oxygen atoms in total. The summed E-state index contributed by atoms with van der Waals surface area (Å²) in [6.45, 7) is 3.48. The van der Waals surface area contributed by atoms with E-state index >= 15 is 0 Å². The summed E-state index contributed by atoms with van der Waals surface area (Å²) in [6.07, 6.45) is 3.48. The summed E-state index contributed by atoms with van der Waals surface area (Å²) in [5, 5.41) is 2.88. The van der Waals surface area contributed by atoms with Crippen molar-refractivity contribution < 1.29 is 9.53 Å². The first-order valence-corrected chi connectivity index (χ1v) is 8.13. The number of nitrogens with zero attached hydrogens (tertiary/aromatic N) is 4. The van der Waals surface area contributed by atoms with Crippen LogP contribution in [0.2, 0.25) is 0 Å².